The van der Waals surface area contributed by atoms with Crippen molar-refractivity contribution >= 4 is 23.2 Å². The Morgan fingerprint density at radius 3 is 2.48 bits per heavy atom. The van der Waals surface area contributed by atoms with E-state index in [-0.39, 0.29) is 22.9 Å². The average Bonchev–Trinajstić information content (AvgIpc) is 2.46. The Kier molecular flexibility index (Phi) is 4.74. The first-order valence-electron chi connectivity index (χ1n) is 7.27. The fourth-order valence-electron chi connectivity index (χ4n) is 1.95. The molecule has 0 bridgehead atoms. The monoisotopic (exact) mass is 312 g/mol. The molecule has 0 spiro atoms. The second kappa shape index (κ2) is 6.56. The largest absolute Gasteiger partial charge is 0.365 e. The summed E-state index contributed by atoms with van der Waals surface area (Å²) >= 11 is 0. The molecular weight excluding hydrogens is 292 g/mol. The molecule has 1 amide bonds. The van der Waals surface area contributed by atoms with E-state index in [0.29, 0.717) is 17.1 Å². The zero-order chi connectivity index (χ0) is 17.0. The Morgan fingerprint density at radius 1 is 1.09 bits per heavy atom. The van der Waals surface area contributed by atoms with Gasteiger partial charge in [0.15, 0.2) is 5.78 Å². The number of rotatable bonds is 4. The van der Waals surface area contributed by atoms with Gasteiger partial charge in [0.1, 0.15) is 17.8 Å². The minimum atomic E-state index is -0.356. The van der Waals surface area contributed by atoms with Gasteiger partial charge in [-0.25, -0.2) is 9.97 Å². The minimum Gasteiger partial charge on any atom is -0.365 e. The lowest BCUT2D eigenvalue weighted by atomic mass is 10.1. The molecular formula is C17H20N4O2. The van der Waals surface area contributed by atoms with E-state index in [0.717, 1.165) is 0 Å². The van der Waals surface area contributed by atoms with E-state index in [1.807, 2.05) is 20.8 Å². The minimum absolute atomic E-state index is 0.0557. The number of hydrogen-bond donors (Lipinski definition) is 2. The van der Waals surface area contributed by atoms with Gasteiger partial charge < -0.3 is 10.6 Å². The summed E-state index contributed by atoms with van der Waals surface area (Å²) in [6.07, 6.45) is 1.34. The lowest BCUT2D eigenvalue weighted by molar-refractivity contribution is 0.100. The predicted molar refractivity (Wildman–Crippen MR) is 89.8 cm³/mol. The number of hydrogen-bond acceptors (Lipinski definition) is 5. The zero-order valence-electron chi connectivity index (χ0n) is 13.7. The van der Waals surface area contributed by atoms with Crippen LogP contribution in [0.5, 0.6) is 0 Å². The molecule has 0 aliphatic rings. The smallest absolute Gasteiger partial charge is 0.274 e. The van der Waals surface area contributed by atoms with Crippen LogP contribution in [0.1, 0.15) is 48.5 Å². The highest BCUT2D eigenvalue weighted by molar-refractivity contribution is 6.04. The van der Waals surface area contributed by atoms with Crippen molar-refractivity contribution in [2.24, 2.45) is 0 Å². The molecule has 0 radical (unpaired) electrons. The summed E-state index contributed by atoms with van der Waals surface area (Å²) < 4.78 is 0. The van der Waals surface area contributed by atoms with E-state index >= 15 is 0 Å². The molecule has 0 saturated carbocycles. The van der Waals surface area contributed by atoms with Gasteiger partial charge in [-0.1, -0.05) is 12.1 Å². The van der Waals surface area contributed by atoms with E-state index < -0.39 is 0 Å². The quantitative estimate of drug-likeness (QED) is 0.847. The van der Waals surface area contributed by atoms with Gasteiger partial charge in [0.25, 0.3) is 5.91 Å². The van der Waals surface area contributed by atoms with E-state index in [9.17, 15) is 9.59 Å². The van der Waals surface area contributed by atoms with E-state index in [4.69, 9.17) is 0 Å². The van der Waals surface area contributed by atoms with Gasteiger partial charge >= 0.3 is 0 Å². The lowest BCUT2D eigenvalue weighted by Gasteiger charge is -2.21. The number of amides is 1. The maximum Gasteiger partial charge on any atom is 0.274 e. The highest BCUT2D eigenvalue weighted by Crippen LogP contribution is 2.15. The van der Waals surface area contributed by atoms with Gasteiger partial charge in [0, 0.05) is 22.9 Å². The summed E-state index contributed by atoms with van der Waals surface area (Å²) in [5, 5.41) is 5.92. The van der Waals surface area contributed by atoms with Crippen LogP contribution in [-0.4, -0.2) is 27.2 Å². The van der Waals surface area contributed by atoms with Crippen molar-refractivity contribution in [2.75, 3.05) is 10.6 Å². The molecule has 2 N–H and O–H groups in total. The van der Waals surface area contributed by atoms with E-state index in [2.05, 4.69) is 20.6 Å². The molecule has 1 heterocycles. The second-order valence-corrected chi connectivity index (χ2v) is 6.25. The van der Waals surface area contributed by atoms with Crippen LogP contribution in [0.15, 0.2) is 36.7 Å². The first-order chi connectivity index (χ1) is 10.7. The summed E-state index contributed by atoms with van der Waals surface area (Å²) in [5.41, 5.74) is 1.17. The van der Waals surface area contributed by atoms with E-state index in [1.54, 1.807) is 30.3 Å². The SMILES string of the molecule is CC(=O)c1cccc(NC(=O)c2cc(NC(C)(C)C)ncn2)c1. The molecule has 6 nitrogen and oxygen atoms in total. The fourth-order valence-corrected chi connectivity index (χ4v) is 1.95. The van der Waals surface area contributed by atoms with Crippen molar-refractivity contribution in [3.63, 3.8) is 0 Å². The second-order valence-electron chi connectivity index (χ2n) is 6.25. The molecule has 0 atom stereocenters. The predicted octanol–water partition coefficient (Wildman–Crippen LogP) is 3.14. The molecule has 0 saturated heterocycles. The first-order valence-corrected chi connectivity index (χ1v) is 7.27. The van der Waals surface area contributed by atoms with Gasteiger partial charge in [-0.05, 0) is 39.8 Å². The Hall–Kier alpha value is -2.76. The Bertz CT molecular complexity index is 735. The highest BCUT2D eigenvalue weighted by atomic mass is 16.2. The van der Waals surface area contributed by atoms with Crippen LogP contribution in [0.3, 0.4) is 0 Å². The number of carbonyl (C=O) groups excluding carboxylic acids is 2. The third-order valence-electron chi connectivity index (χ3n) is 2.93. The summed E-state index contributed by atoms with van der Waals surface area (Å²) in [7, 11) is 0. The molecule has 2 rings (SSSR count). The molecule has 0 fully saturated rings. The molecule has 2 aromatic rings. The zero-order valence-corrected chi connectivity index (χ0v) is 13.7. The number of ketones is 1. The summed E-state index contributed by atoms with van der Waals surface area (Å²) in [6.45, 7) is 7.49. The summed E-state index contributed by atoms with van der Waals surface area (Å²) in [6, 6.07) is 8.37. The van der Waals surface area contributed by atoms with Crippen molar-refractivity contribution in [3.05, 3.63) is 47.9 Å². The fraction of sp³-hybridized carbons (Fsp3) is 0.294. The normalized spacial score (nSPS) is 11.0. The molecule has 6 heteroatoms. The van der Waals surface area contributed by atoms with Gasteiger partial charge in [0.2, 0.25) is 0 Å². The van der Waals surface area contributed by atoms with Gasteiger partial charge in [-0.3, -0.25) is 9.59 Å². The summed E-state index contributed by atoms with van der Waals surface area (Å²) in [5.74, 6) is 0.167. The van der Waals surface area contributed by atoms with Crippen molar-refractivity contribution in [3.8, 4) is 0 Å². The molecule has 120 valence electrons. The molecule has 0 unspecified atom stereocenters. The van der Waals surface area contributed by atoms with Crippen molar-refractivity contribution in [1.82, 2.24) is 9.97 Å². The van der Waals surface area contributed by atoms with Crippen LogP contribution in [0, 0.1) is 0 Å². The van der Waals surface area contributed by atoms with Gasteiger partial charge in [0.05, 0.1) is 0 Å². The summed E-state index contributed by atoms with van der Waals surface area (Å²) in [4.78, 5) is 31.8. The van der Waals surface area contributed by atoms with Gasteiger partial charge in [-0.15, -0.1) is 0 Å². The third-order valence-corrected chi connectivity index (χ3v) is 2.93. The average molecular weight is 312 g/mol. The number of nitrogens with one attached hydrogen (secondary N) is 2. The van der Waals surface area contributed by atoms with Crippen molar-refractivity contribution < 1.29 is 9.59 Å². The van der Waals surface area contributed by atoms with Crippen LogP contribution >= 0.6 is 0 Å². The molecule has 23 heavy (non-hydrogen) atoms. The molecule has 1 aromatic heterocycles. The molecule has 0 aliphatic carbocycles. The van der Waals surface area contributed by atoms with Crippen LogP contribution in [0.25, 0.3) is 0 Å². The maximum absolute atomic E-state index is 12.3. The lowest BCUT2D eigenvalue weighted by Crippen LogP contribution is -2.27. The Morgan fingerprint density at radius 2 is 1.83 bits per heavy atom. The third kappa shape index (κ3) is 4.88. The standard InChI is InChI=1S/C17H20N4O2/c1-11(22)12-6-5-7-13(8-12)20-16(23)14-9-15(19-10-18-14)21-17(2,3)4/h5-10H,1-4H3,(H,20,23)(H,18,19,21). The van der Waals surface area contributed by atoms with Crippen LogP contribution in [0.2, 0.25) is 0 Å². The number of nitrogens with zero attached hydrogens (tertiary/aromatic N) is 2. The van der Waals surface area contributed by atoms with Crippen LogP contribution < -0.4 is 10.6 Å². The molecule has 1 aromatic carbocycles. The number of Topliss-reactive ketones (excluding diaryl/α,β-unsaturated/α-hetero) is 1. The number of aromatic nitrogens is 2. The number of benzene rings is 1. The Labute approximate surface area is 135 Å². The number of anilines is 2. The van der Waals surface area contributed by atoms with E-state index in [1.165, 1.54) is 13.3 Å². The van der Waals surface area contributed by atoms with Crippen molar-refractivity contribution in [2.45, 2.75) is 33.2 Å². The first kappa shape index (κ1) is 16.6. The Balaban J connectivity index is 2.16. The topological polar surface area (TPSA) is 84.0 Å². The van der Waals surface area contributed by atoms with Crippen LogP contribution in [-0.2, 0) is 0 Å². The highest BCUT2D eigenvalue weighted by Gasteiger charge is 2.14. The van der Waals surface area contributed by atoms with Gasteiger partial charge in [-0.2, -0.15) is 0 Å². The number of carbonyl (C=O) groups is 2. The van der Waals surface area contributed by atoms with Crippen LogP contribution in [0.4, 0.5) is 11.5 Å². The molecule has 0 aliphatic heterocycles. The van der Waals surface area contributed by atoms with Crippen molar-refractivity contribution in [1.29, 1.82) is 0 Å². The maximum atomic E-state index is 12.3.